The molecule has 1 unspecified atom stereocenters. The van der Waals surface area contributed by atoms with Crippen molar-refractivity contribution in [3.63, 3.8) is 0 Å². The number of hydrogen-bond acceptors (Lipinski definition) is 1. The van der Waals surface area contributed by atoms with E-state index in [4.69, 9.17) is 0 Å². The Labute approximate surface area is 107 Å². The van der Waals surface area contributed by atoms with Crippen molar-refractivity contribution in [3.8, 4) is 0 Å². The van der Waals surface area contributed by atoms with Crippen molar-refractivity contribution in [3.05, 3.63) is 70.3 Å². The van der Waals surface area contributed by atoms with E-state index >= 15 is 0 Å². The van der Waals surface area contributed by atoms with Crippen LogP contribution in [-0.4, -0.2) is 5.11 Å². The number of aliphatic hydroxyl groups is 1. The number of hydrogen-bond donors (Lipinski definition) is 1. The van der Waals surface area contributed by atoms with E-state index in [0.717, 1.165) is 24.3 Å². The van der Waals surface area contributed by atoms with E-state index in [2.05, 4.69) is 0 Å². The zero-order valence-electron chi connectivity index (χ0n) is 9.92. The lowest BCUT2D eigenvalue weighted by Gasteiger charge is -2.14. The number of aryl methyl sites for hydroxylation is 1. The van der Waals surface area contributed by atoms with Crippen molar-refractivity contribution in [2.45, 2.75) is 13.0 Å². The SMILES string of the molecule is Cc1cc(C(O)c2cc(F)ccc2F)c(F)cc1F. The van der Waals surface area contributed by atoms with Gasteiger partial charge in [-0.15, -0.1) is 0 Å². The quantitative estimate of drug-likeness (QED) is 0.826. The van der Waals surface area contributed by atoms with Gasteiger partial charge in [0.15, 0.2) is 0 Å². The lowest BCUT2D eigenvalue weighted by molar-refractivity contribution is 0.209. The summed E-state index contributed by atoms with van der Waals surface area (Å²) < 4.78 is 53.2. The minimum Gasteiger partial charge on any atom is -0.383 e. The molecule has 19 heavy (non-hydrogen) atoms. The molecule has 5 heteroatoms. The average Bonchev–Trinajstić information content (AvgIpc) is 2.36. The van der Waals surface area contributed by atoms with Gasteiger partial charge in [0.05, 0.1) is 0 Å². The van der Waals surface area contributed by atoms with Crippen LogP contribution < -0.4 is 0 Å². The van der Waals surface area contributed by atoms with Gasteiger partial charge in [0.2, 0.25) is 0 Å². The summed E-state index contributed by atoms with van der Waals surface area (Å²) in [6, 6.07) is 4.17. The second kappa shape index (κ2) is 5.01. The first-order valence-corrected chi connectivity index (χ1v) is 5.48. The fourth-order valence-corrected chi connectivity index (χ4v) is 1.78. The molecule has 1 atom stereocenters. The van der Waals surface area contributed by atoms with E-state index in [1.807, 2.05) is 0 Å². The third kappa shape index (κ3) is 2.61. The van der Waals surface area contributed by atoms with E-state index in [0.29, 0.717) is 6.07 Å². The molecule has 0 saturated heterocycles. The molecule has 0 radical (unpaired) electrons. The molecule has 1 N–H and O–H groups in total. The van der Waals surface area contributed by atoms with Crippen molar-refractivity contribution in [2.24, 2.45) is 0 Å². The molecule has 0 saturated carbocycles. The van der Waals surface area contributed by atoms with Crippen molar-refractivity contribution < 1.29 is 22.7 Å². The Morgan fingerprint density at radius 1 is 0.842 bits per heavy atom. The number of rotatable bonds is 2. The molecule has 0 spiro atoms. The van der Waals surface area contributed by atoms with Crippen molar-refractivity contribution in [1.82, 2.24) is 0 Å². The van der Waals surface area contributed by atoms with Crippen LogP contribution in [0.3, 0.4) is 0 Å². The van der Waals surface area contributed by atoms with Gasteiger partial charge in [-0.1, -0.05) is 0 Å². The van der Waals surface area contributed by atoms with Crippen LogP contribution >= 0.6 is 0 Å². The first-order valence-electron chi connectivity index (χ1n) is 5.48. The van der Waals surface area contributed by atoms with Gasteiger partial charge in [-0.3, -0.25) is 0 Å². The van der Waals surface area contributed by atoms with E-state index in [1.165, 1.54) is 6.92 Å². The van der Waals surface area contributed by atoms with E-state index in [1.54, 1.807) is 0 Å². The van der Waals surface area contributed by atoms with Crippen molar-refractivity contribution in [2.75, 3.05) is 0 Å². The largest absolute Gasteiger partial charge is 0.383 e. The molecule has 0 heterocycles. The van der Waals surface area contributed by atoms with Gasteiger partial charge < -0.3 is 5.11 Å². The zero-order chi connectivity index (χ0) is 14.2. The van der Waals surface area contributed by atoms with Crippen LogP contribution in [0.2, 0.25) is 0 Å². The summed E-state index contributed by atoms with van der Waals surface area (Å²) in [4.78, 5) is 0. The summed E-state index contributed by atoms with van der Waals surface area (Å²) in [7, 11) is 0. The lowest BCUT2D eigenvalue weighted by atomic mass is 9.98. The molecule has 0 amide bonds. The number of halogens is 4. The topological polar surface area (TPSA) is 20.2 Å². The molecule has 2 rings (SSSR count). The maximum atomic E-state index is 13.6. The highest BCUT2D eigenvalue weighted by atomic mass is 19.1. The monoisotopic (exact) mass is 270 g/mol. The first kappa shape index (κ1) is 13.5. The lowest BCUT2D eigenvalue weighted by Crippen LogP contribution is -2.07. The number of benzene rings is 2. The highest BCUT2D eigenvalue weighted by molar-refractivity contribution is 5.34. The van der Waals surface area contributed by atoms with Gasteiger partial charge in [0.25, 0.3) is 0 Å². The minimum absolute atomic E-state index is 0.104. The van der Waals surface area contributed by atoms with Gasteiger partial charge in [0, 0.05) is 17.2 Å². The normalized spacial score (nSPS) is 12.5. The van der Waals surface area contributed by atoms with Crippen molar-refractivity contribution >= 4 is 0 Å². The van der Waals surface area contributed by atoms with E-state index in [9.17, 15) is 22.7 Å². The van der Waals surface area contributed by atoms with Crippen LogP contribution in [0.5, 0.6) is 0 Å². The van der Waals surface area contributed by atoms with Crippen LogP contribution in [0.25, 0.3) is 0 Å². The molecule has 1 nitrogen and oxygen atoms in total. The highest BCUT2D eigenvalue weighted by Gasteiger charge is 2.20. The molecule has 0 bridgehead atoms. The maximum absolute atomic E-state index is 13.6. The van der Waals surface area contributed by atoms with Gasteiger partial charge >= 0.3 is 0 Å². The molecule has 100 valence electrons. The fourth-order valence-electron chi connectivity index (χ4n) is 1.78. The zero-order valence-corrected chi connectivity index (χ0v) is 9.92. The molecule has 0 aliphatic carbocycles. The molecule has 0 aliphatic heterocycles. The predicted octanol–water partition coefficient (Wildman–Crippen LogP) is 3.63. The van der Waals surface area contributed by atoms with Crippen LogP contribution in [0.4, 0.5) is 17.6 Å². The molecule has 2 aromatic carbocycles. The van der Waals surface area contributed by atoms with E-state index in [-0.39, 0.29) is 11.1 Å². The molecule has 0 aromatic heterocycles. The predicted molar refractivity (Wildman–Crippen MR) is 61.5 cm³/mol. The Hall–Kier alpha value is -1.88. The Balaban J connectivity index is 2.52. The second-order valence-corrected chi connectivity index (χ2v) is 4.19. The summed E-state index contributed by atoms with van der Waals surface area (Å²) in [6.07, 6.45) is -1.70. The van der Waals surface area contributed by atoms with Crippen LogP contribution in [-0.2, 0) is 0 Å². The second-order valence-electron chi connectivity index (χ2n) is 4.19. The molecule has 0 aliphatic rings. The Kier molecular flexibility index (Phi) is 3.57. The summed E-state index contributed by atoms with van der Waals surface area (Å²) in [5, 5.41) is 9.92. The standard InChI is InChI=1S/C14H10F4O/c1-7-4-9(13(18)6-12(7)17)14(19)10-5-8(15)2-3-11(10)16/h2-6,14,19H,1H3. The third-order valence-corrected chi connectivity index (χ3v) is 2.83. The highest BCUT2D eigenvalue weighted by Crippen LogP contribution is 2.28. The summed E-state index contributed by atoms with van der Waals surface area (Å²) in [5.41, 5.74) is -0.597. The third-order valence-electron chi connectivity index (χ3n) is 2.83. The fraction of sp³-hybridized carbons (Fsp3) is 0.143. The van der Waals surface area contributed by atoms with Crippen LogP contribution in [0.15, 0.2) is 30.3 Å². The molecular weight excluding hydrogens is 260 g/mol. The van der Waals surface area contributed by atoms with Crippen LogP contribution in [0, 0.1) is 30.2 Å². The Bertz CT molecular complexity index is 625. The van der Waals surface area contributed by atoms with Crippen LogP contribution in [0.1, 0.15) is 22.8 Å². The van der Waals surface area contributed by atoms with Gasteiger partial charge in [-0.2, -0.15) is 0 Å². The van der Waals surface area contributed by atoms with Crippen molar-refractivity contribution in [1.29, 1.82) is 0 Å². The summed E-state index contributed by atoms with van der Waals surface area (Å²) >= 11 is 0. The minimum atomic E-state index is -1.70. The summed E-state index contributed by atoms with van der Waals surface area (Å²) in [5.74, 6) is -3.41. The molecule has 2 aromatic rings. The Morgan fingerprint density at radius 2 is 1.47 bits per heavy atom. The maximum Gasteiger partial charge on any atom is 0.132 e. The van der Waals surface area contributed by atoms with E-state index < -0.39 is 34.9 Å². The Morgan fingerprint density at radius 3 is 2.16 bits per heavy atom. The smallest absolute Gasteiger partial charge is 0.132 e. The average molecular weight is 270 g/mol. The first-order chi connectivity index (χ1) is 8.90. The van der Waals surface area contributed by atoms with Gasteiger partial charge in [-0.25, -0.2) is 17.6 Å². The molecular formula is C14H10F4O. The molecule has 0 fully saturated rings. The van der Waals surface area contributed by atoms with Gasteiger partial charge in [-0.05, 0) is 36.8 Å². The van der Waals surface area contributed by atoms with Gasteiger partial charge in [0.1, 0.15) is 29.4 Å². The summed E-state index contributed by atoms with van der Waals surface area (Å²) in [6.45, 7) is 1.38. The number of aliphatic hydroxyl groups excluding tert-OH is 1.